The van der Waals surface area contributed by atoms with E-state index < -0.39 is 29.7 Å². The number of amides is 3. The van der Waals surface area contributed by atoms with E-state index in [1.54, 1.807) is 25.7 Å². The van der Waals surface area contributed by atoms with Crippen molar-refractivity contribution in [1.82, 2.24) is 10.2 Å². The lowest BCUT2D eigenvalue weighted by molar-refractivity contribution is -0.140. The van der Waals surface area contributed by atoms with E-state index in [2.05, 4.69) is 23.3 Å². The van der Waals surface area contributed by atoms with Crippen LogP contribution in [0, 0.1) is 27.7 Å². The molecule has 8 heteroatoms. The smallest absolute Gasteiger partial charge is 0.408 e. The van der Waals surface area contributed by atoms with Gasteiger partial charge in [0.2, 0.25) is 5.91 Å². The monoisotopic (exact) mass is 527 g/mol. The first-order valence-electron chi connectivity index (χ1n) is 12.6. The maximum absolute atomic E-state index is 14.0. The number of anilines is 1. The van der Waals surface area contributed by atoms with Crippen LogP contribution in [-0.2, 0) is 14.3 Å². The second kappa shape index (κ2) is 13.0. The van der Waals surface area contributed by atoms with Gasteiger partial charge >= 0.3 is 6.09 Å². The van der Waals surface area contributed by atoms with Gasteiger partial charge in [0.1, 0.15) is 17.7 Å². The van der Waals surface area contributed by atoms with Crippen molar-refractivity contribution in [2.45, 2.75) is 79.5 Å². The molecule has 2 N–H and O–H groups in total. The largest absolute Gasteiger partial charge is 0.444 e. The van der Waals surface area contributed by atoms with E-state index in [9.17, 15) is 14.4 Å². The number of rotatable bonds is 9. The lowest BCUT2D eigenvalue weighted by Gasteiger charge is -2.35. The number of hydrogen-bond donors (Lipinski definition) is 3. The topological polar surface area (TPSA) is 87.7 Å². The fraction of sp³-hybridized carbons (Fsp3) is 0.483. The van der Waals surface area contributed by atoms with Crippen LogP contribution in [-0.4, -0.2) is 46.7 Å². The van der Waals surface area contributed by atoms with E-state index in [-0.39, 0.29) is 11.7 Å². The molecule has 2 atom stereocenters. The van der Waals surface area contributed by atoms with E-state index in [4.69, 9.17) is 4.74 Å². The molecule has 0 bridgehead atoms. The van der Waals surface area contributed by atoms with Gasteiger partial charge in [-0.05, 0) is 82.7 Å². The maximum atomic E-state index is 14.0. The number of carbonyl (C=O) groups is 3. The van der Waals surface area contributed by atoms with Gasteiger partial charge in [0.15, 0.2) is 0 Å². The summed E-state index contributed by atoms with van der Waals surface area (Å²) >= 11 is 4.34. The summed E-state index contributed by atoms with van der Waals surface area (Å²) in [6, 6.07) is 9.68. The molecule has 0 radical (unpaired) electrons. The zero-order valence-corrected chi connectivity index (χ0v) is 24.2. The first-order valence-corrected chi connectivity index (χ1v) is 13.3. The summed E-state index contributed by atoms with van der Waals surface area (Å²) in [4.78, 5) is 41.9. The van der Waals surface area contributed by atoms with Crippen molar-refractivity contribution in [2.24, 2.45) is 0 Å². The molecule has 2 rings (SSSR count). The first-order chi connectivity index (χ1) is 17.3. The third kappa shape index (κ3) is 7.99. The Bertz CT molecular complexity index is 1110. The van der Waals surface area contributed by atoms with Gasteiger partial charge in [-0.15, -0.1) is 0 Å². The summed E-state index contributed by atoms with van der Waals surface area (Å²) in [7, 11) is 0. The highest BCUT2D eigenvalue weighted by Gasteiger charge is 2.36. The van der Waals surface area contributed by atoms with Crippen LogP contribution < -0.4 is 10.6 Å². The van der Waals surface area contributed by atoms with Gasteiger partial charge in [0.05, 0.1) is 0 Å². The van der Waals surface area contributed by atoms with Crippen molar-refractivity contribution >= 4 is 36.2 Å². The fourth-order valence-corrected chi connectivity index (χ4v) is 4.41. The molecule has 0 aromatic heterocycles. The molecule has 0 saturated heterocycles. The summed E-state index contributed by atoms with van der Waals surface area (Å²) in [5.41, 5.74) is 4.56. The quantitative estimate of drug-likeness (QED) is 0.367. The van der Waals surface area contributed by atoms with Crippen LogP contribution in [0.5, 0.6) is 0 Å². The number of benzene rings is 2. The number of aryl methyl sites for hydroxylation is 3. The zero-order valence-electron chi connectivity index (χ0n) is 23.3. The molecule has 2 aromatic rings. The number of hydrogen-bond acceptors (Lipinski definition) is 5. The Morgan fingerprint density at radius 3 is 2.08 bits per heavy atom. The minimum atomic E-state index is -0.967. The van der Waals surface area contributed by atoms with Gasteiger partial charge in [-0.3, -0.25) is 9.59 Å². The first kappa shape index (κ1) is 30.2. The molecule has 0 spiro atoms. The van der Waals surface area contributed by atoms with Crippen molar-refractivity contribution in [1.29, 1.82) is 0 Å². The molecule has 0 saturated carbocycles. The third-order valence-corrected chi connectivity index (χ3v) is 6.51. The Balaban J connectivity index is 2.54. The molecule has 0 aliphatic heterocycles. The molecule has 2 unspecified atom stereocenters. The molecule has 0 aliphatic carbocycles. The van der Waals surface area contributed by atoms with E-state index >= 15 is 0 Å². The van der Waals surface area contributed by atoms with Crippen LogP contribution in [0.1, 0.15) is 68.0 Å². The zero-order chi connectivity index (χ0) is 27.9. The minimum absolute atomic E-state index is 0.0519. The predicted octanol–water partition coefficient (Wildman–Crippen LogP) is 5.66. The number of carbonyl (C=O) groups excluding carboxylic acids is 3. The SMILES string of the molecule is CCCN(C(=O)C(CS)NC(=O)OC(C)(C)C)C(C(=O)Nc1c(C)cccc1C)c1cccc(C)c1C. The summed E-state index contributed by atoms with van der Waals surface area (Å²) < 4.78 is 5.36. The molecule has 0 fully saturated rings. The van der Waals surface area contributed by atoms with Crippen molar-refractivity contribution in [3.8, 4) is 0 Å². The molecule has 7 nitrogen and oxygen atoms in total. The number of para-hydroxylation sites is 1. The molecule has 0 heterocycles. The summed E-state index contributed by atoms with van der Waals surface area (Å²) in [5, 5.41) is 5.72. The molecule has 202 valence electrons. The van der Waals surface area contributed by atoms with Gasteiger partial charge in [-0.25, -0.2) is 4.79 Å². The van der Waals surface area contributed by atoms with E-state index in [0.717, 1.165) is 33.5 Å². The van der Waals surface area contributed by atoms with Crippen LogP contribution >= 0.6 is 12.6 Å². The van der Waals surface area contributed by atoms with Gasteiger partial charge in [0, 0.05) is 18.0 Å². The normalized spacial score (nSPS) is 12.9. The second-order valence-corrected chi connectivity index (χ2v) is 10.7. The Kier molecular flexibility index (Phi) is 10.6. The molecular weight excluding hydrogens is 486 g/mol. The van der Waals surface area contributed by atoms with Crippen LogP contribution in [0.25, 0.3) is 0 Å². The summed E-state index contributed by atoms with van der Waals surface area (Å²) in [6.07, 6.45) is -0.0881. The third-order valence-electron chi connectivity index (χ3n) is 6.15. The van der Waals surface area contributed by atoms with Gasteiger partial charge < -0.3 is 20.3 Å². The standard InChI is InChI=1S/C29H41N3O4S/c1-9-16-32(27(34)23(17-37)30-28(35)36-29(6,7)8)25(22-15-11-12-18(2)21(22)5)26(33)31-24-19(3)13-10-14-20(24)4/h10-15,23,25,37H,9,16-17H2,1-8H3,(H,30,35)(H,31,33). The van der Waals surface area contributed by atoms with E-state index in [1.807, 2.05) is 71.0 Å². The maximum Gasteiger partial charge on any atom is 0.408 e. The molecular formula is C29H41N3O4S. The van der Waals surface area contributed by atoms with Crippen molar-refractivity contribution in [3.05, 3.63) is 64.2 Å². The number of nitrogens with zero attached hydrogens (tertiary/aromatic N) is 1. The molecule has 2 aromatic carbocycles. The molecule has 37 heavy (non-hydrogen) atoms. The van der Waals surface area contributed by atoms with Gasteiger partial charge in [0.25, 0.3) is 5.91 Å². The average Bonchev–Trinajstić information content (AvgIpc) is 2.80. The van der Waals surface area contributed by atoms with Crippen molar-refractivity contribution in [2.75, 3.05) is 17.6 Å². The highest BCUT2D eigenvalue weighted by Crippen LogP contribution is 2.30. The summed E-state index contributed by atoms with van der Waals surface area (Å²) in [6.45, 7) is 15.3. The Morgan fingerprint density at radius 1 is 0.973 bits per heavy atom. The van der Waals surface area contributed by atoms with Crippen LogP contribution in [0.4, 0.5) is 10.5 Å². The van der Waals surface area contributed by atoms with E-state index in [1.165, 1.54) is 0 Å². The summed E-state index contributed by atoms with van der Waals surface area (Å²) in [5.74, 6) is -0.663. The average molecular weight is 528 g/mol. The second-order valence-electron chi connectivity index (χ2n) is 10.4. The van der Waals surface area contributed by atoms with Gasteiger partial charge in [-0.2, -0.15) is 12.6 Å². The predicted molar refractivity (Wildman–Crippen MR) is 152 cm³/mol. The Labute approximate surface area is 226 Å². The molecule has 0 aliphatic rings. The lowest BCUT2D eigenvalue weighted by Crippen LogP contribution is -2.53. The highest BCUT2D eigenvalue weighted by molar-refractivity contribution is 7.80. The fourth-order valence-electron chi connectivity index (χ4n) is 4.17. The Morgan fingerprint density at radius 2 is 1.54 bits per heavy atom. The minimum Gasteiger partial charge on any atom is -0.444 e. The van der Waals surface area contributed by atoms with Crippen LogP contribution in [0.2, 0.25) is 0 Å². The van der Waals surface area contributed by atoms with Gasteiger partial charge in [-0.1, -0.05) is 43.3 Å². The van der Waals surface area contributed by atoms with Crippen molar-refractivity contribution < 1.29 is 19.1 Å². The number of ether oxygens (including phenoxy) is 1. The number of thiol groups is 1. The number of alkyl carbamates (subject to hydrolysis) is 1. The lowest BCUT2D eigenvalue weighted by atomic mass is 9.94. The Hall–Kier alpha value is -3.00. The van der Waals surface area contributed by atoms with E-state index in [0.29, 0.717) is 13.0 Å². The molecule has 3 amide bonds. The van der Waals surface area contributed by atoms with Crippen LogP contribution in [0.3, 0.4) is 0 Å². The van der Waals surface area contributed by atoms with Crippen molar-refractivity contribution in [3.63, 3.8) is 0 Å². The van der Waals surface area contributed by atoms with Crippen LogP contribution in [0.15, 0.2) is 36.4 Å². The highest BCUT2D eigenvalue weighted by atomic mass is 32.1. The number of nitrogens with one attached hydrogen (secondary N) is 2.